The smallest absolute Gasteiger partial charge is 0.0534 e. The summed E-state index contributed by atoms with van der Waals surface area (Å²) in [6, 6.07) is 1.25. The maximum absolute atomic E-state index is 4.30. The van der Waals surface area contributed by atoms with E-state index in [1.165, 1.54) is 12.0 Å². The van der Waals surface area contributed by atoms with E-state index >= 15 is 0 Å². The van der Waals surface area contributed by atoms with Gasteiger partial charge in [-0.3, -0.25) is 9.58 Å². The van der Waals surface area contributed by atoms with Crippen LogP contribution in [0.3, 0.4) is 0 Å². The van der Waals surface area contributed by atoms with E-state index in [2.05, 4.69) is 49.2 Å². The highest BCUT2D eigenvalue weighted by Crippen LogP contribution is 2.20. The van der Waals surface area contributed by atoms with E-state index in [0.717, 1.165) is 25.6 Å². The molecule has 0 radical (unpaired) electrons. The van der Waals surface area contributed by atoms with Crippen LogP contribution < -0.4 is 5.32 Å². The van der Waals surface area contributed by atoms with Gasteiger partial charge in [-0.15, -0.1) is 0 Å². The number of aryl methyl sites for hydroxylation is 1. The molecule has 2 unspecified atom stereocenters. The van der Waals surface area contributed by atoms with E-state index in [0.29, 0.717) is 18.0 Å². The molecule has 0 spiro atoms. The van der Waals surface area contributed by atoms with Crippen LogP contribution in [0.5, 0.6) is 0 Å². The van der Waals surface area contributed by atoms with Crippen LogP contribution in [0.2, 0.25) is 0 Å². The molecule has 1 fully saturated rings. The van der Waals surface area contributed by atoms with E-state index in [1.54, 1.807) is 0 Å². The van der Waals surface area contributed by atoms with Crippen LogP contribution in [0.1, 0.15) is 39.7 Å². The van der Waals surface area contributed by atoms with Gasteiger partial charge in [-0.05, 0) is 18.3 Å². The van der Waals surface area contributed by atoms with Gasteiger partial charge < -0.3 is 5.32 Å². The quantitative estimate of drug-likeness (QED) is 0.897. The van der Waals surface area contributed by atoms with Crippen LogP contribution in [-0.4, -0.2) is 39.9 Å². The molecule has 4 heteroatoms. The maximum atomic E-state index is 4.30. The molecule has 0 aromatic carbocycles. The second-order valence-corrected chi connectivity index (χ2v) is 6.99. The number of nitrogens with one attached hydrogen (secondary N) is 1. The summed E-state index contributed by atoms with van der Waals surface area (Å²) >= 11 is 0. The number of aromatic nitrogens is 2. The molecule has 1 saturated heterocycles. The predicted molar refractivity (Wildman–Crippen MR) is 83.5 cm³/mol. The number of rotatable bonds is 5. The van der Waals surface area contributed by atoms with Gasteiger partial charge in [0.05, 0.1) is 6.20 Å². The predicted octanol–water partition coefficient (Wildman–Crippen LogP) is 2.26. The lowest BCUT2D eigenvalue weighted by molar-refractivity contribution is 0.0924. The van der Waals surface area contributed by atoms with Crippen LogP contribution in [0.25, 0.3) is 0 Å². The molecule has 1 aliphatic heterocycles. The summed E-state index contributed by atoms with van der Waals surface area (Å²) in [6.07, 6.45) is 5.40. The molecule has 4 nitrogen and oxygen atoms in total. The molecular formula is C16H30N4. The first kappa shape index (κ1) is 15.5. The minimum absolute atomic E-state index is 0.607. The van der Waals surface area contributed by atoms with E-state index in [4.69, 9.17) is 0 Å². The first-order chi connectivity index (χ1) is 9.45. The summed E-state index contributed by atoms with van der Waals surface area (Å²) < 4.78 is 1.90. The fraction of sp³-hybridized carbons (Fsp3) is 0.812. The SMILES string of the molecule is CC(C)CC1CNC(C(C)C)CN1Cc1cnn(C)c1. The Labute approximate surface area is 123 Å². The third-order valence-electron chi connectivity index (χ3n) is 4.26. The Morgan fingerprint density at radius 3 is 2.65 bits per heavy atom. The van der Waals surface area contributed by atoms with Gasteiger partial charge >= 0.3 is 0 Å². The first-order valence-electron chi connectivity index (χ1n) is 7.90. The molecule has 2 atom stereocenters. The van der Waals surface area contributed by atoms with Crippen molar-refractivity contribution in [3.63, 3.8) is 0 Å². The van der Waals surface area contributed by atoms with E-state index in [1.807, 2.05) is 17.9 Å². The molecule has 20 heavy (non-hydrogen) atoms. The van der Waals surface area contributed by atoms with Gasteiger partial charge in [0.1, 0.15) is 0 Å². The van der Waals surface area contributed by atoms with Gasteiger partial charge in [0.25, 0.3) is 0 Å². The minimum Gasteiger partial charge on any atom is -0.311 e. The second-order valence-electron chi connectivity index (χ2n) is 6.99. The fourth-order valence-electron chi connectivity index (χ4n) is 3.09. The summed E-state index contributed by atoms with van der Waals surface area (Å²) in [5.74, 6) is 1.43. The normalized spacial score (nSPS) is 24.8. The highest BCUT2D eigenvalue weighted by molar-refractivity contribution is 5.05. The number of nitrogens with zero attached hydrogens (tertiary/aromatic N) is 3. The van der Waals surface area contributed by atoms with Crippen molar-refractivity contribution in [2.75, 3.05) is 13.1 Å². The van der Waals surface area contributed by atoms with Gasteiger partial charge in [0.2, 0.25) is 0 Å². The molecular weight excluding hydrogens is 248 g/mol. The number of piperazine rings is 1. The average molecular weight is 278 g/mol. The largest absolute Gasteiger partial charge is 0.311 e. The summed E-state index contributed by atoms with van der Waals surface area (Å²) in [5.41, 5.74) is 1.32. The van der Waals surface area contributed by atoms with Crippen LogP contribution in [0.15, 0.2) is 12.4 Å². The van der Waals surface area contributed by atoms with Crippen LogP contribution >= 0.6 is 0 Å². The average Bonchev–Trinajstić information content (AvgIpc) is 2.76. The molecule has 1 N–H and O–H groups in total. The Kier molecular flexibility index (Phi) is 5.22. The third kappa shape index (κ3) is 4.06. The molecule has 1 aromatic rings. The summed E-state index contributed by atoms with van der Waals surface area (Å²) in [5, 5.41) is 8.03. The molecule has 114 valence electrons. The van der Waals surface area contributed by atoms with Crippen molar-refractivity contribution in [2.45, 2.75) is 52.7 Å². The minimum atomic E-state index is 0.607. The van der Waals surface area contributed by atoms with Gasteiger partial charge in [-0.1, -0.05) is 27.7 Å². The molecule has 1 aliphatic rings. The van der Waals surface area contributed by atoms with E-state index in [-0.39, 0.29) is 0 Å². The Balaban J connectivity index is 2.04. The molecule has 2 rings (SSSR count). The summed E-state index contributed by atoms with van der Waals surface area (Å²) in [6.45, 7) is 12.5. The van der Waals surface area contributed by atoms with Crippen molar-refractivity contribution >= 4 is 0 Å². The van der Waals surface area contributed by atoms with Crippen LogP contribution in [0.4, 0.5) is 0 Å². The molecule has 1 aromatic heterocycles. The molecule has 0 bridgehead atoms. The van der Waals surface area contributed by atoms with Gasteiger partial charge in [0.15, 0.2) is 0 Å². The monoisotopic (exact) mass is 278 g/mol. The zero-order valence-electron chi connectivity index (χ0n) is 13.6. The molecule has 0 aliphatic carbocycles. The van der Waals surface area contributed by atoms with Gasteiger partial charge in [-0.2, -0.15) is 5.10 Å². The van der Waals surface area contributed by atoms with Crippen LogP contribution in [0, 0.1) is 11.8 Å². The first-order valence-corrected chi connectivity index (χ1v) is 7.90. The lowest BCUT2D eigenvalue weighted by atomic mass is 9.95. The van der Waals surface area contributed by atoms with Crippen molar-refractivity contribution in [3.05, 3.63) is 18.0 Å². The number of hydrogen-bond donors (Lipinski definition) is 1. The van der Waals surface area contributed by atoms with Gasteiger partial charge in [-0.25, -0.2) is 0 Å². The van der Waals surface area contributed by atoms with E-state index in [9.17, 15) is 0 Å². The maximum Gasteiger partial charge on any atom is 0.0534 e. The van der Waals surface area contributed by atoms with Crippen molar-refractivity contribution in [2.24, 2.45) is 18.9 Å². The molecule has 2 heterocycles. The third-order valence-corrected chi connectivity index (χ3v) is 4.26. The molecule has 0 amide bonds. The van der Waals surface area contributed by atoms with Gasteiger partial charge in [0, 0.05) is 50.5 Å². The lowest BCUT2D eigenvalue weighted by Crippen LogP contribution is -2.57. The van der Waals surface area contributed by atoms with Crippen molar-refractivity contribution in [1.82, 2.24) is 20.0 Å². The number of hydrogen-bond acceptors (Lipinski definition) is 3. The Bertz CT molecular complexity index is 410. The standard InChI is InChI=1S/C16H30N4/c1-12(2)6-15-8-17-16(13(3)4)11-20(15)10-14-7-18-19(5)9-14/h7,9,12-13,15-17H,6,8,10-11H2,1-5H3. The zero-order chi connectivity index (χ0) is 14.7. The highest BCUT2D eigenvalue weighted by Gasteiger charge is 2.29. The lowest BCUT2D eigenvalue weighted by Gasteiger charge is -2.42. The Morgan fingerprint density at radius 1 is 1.35 bits per heavy atom. The fourth-order valence-corrected chi connectivity index (χ4v) is 3.09. The van der Waals surface area contributed by atoms with E-state index < -0.39 is 0 Å². The summed E-state index contributed by atoms with van der Waals surface area (Å²) in [7, 11) is 1.99. The topological polar surface area (TPSA) is 33.1 Å². The summed E-state index contributed by atoms with van der Waals surface area (Å²) in [4.78, 5) is 2.65. The van der Waals surface area contributed by atoms with Crippen molar-refractivity contribution < 1.29 is 0 Å². The highest BCUT2D eigenvalue weighted by atomic mass is 15.3. The van der Waals surface area contributed by atoms with Crippen LogP contribution in [-0.2, 0) is 13.6 Å². The van der Waals surface area contributed by atoms with Crippen molar-refractivity contribution in [3.8, 4) is 0 Å². The Morgan fingerprint density at radius 2 is 2.10 bits per heavy atom. The molecule has 0 saturated carbocycles. The van der Waals surface area contributed by atoms with Crippen molar-refractivity contribution in [1.29, 1.82) is 0 Å². The zero-order valence-corrected chi connectivity index (χ0v) is 13.6. The second kappa shape index (κ2) is 6.72. The Hall–Kier alpha value is -0.870.